The minimum absolute atomic E-state index is 1.26. The van der Waals surface area contributed by atoms with Gasteiger partial charge in [0, 0.05) is 58.7 Å². The van der Waals surface area contributed by atoms with Gasteiger partial charge < -0.3 is 0 Å². The van der Waals surface area contributed by atoms with Crippen LogP contribution in [0.2, 0.25) is 0 Å². The summed E-state index contributed by atoms with van der Waals surface area (Å²) in [5.74, 6) is 0. The van der Waals surface area contributed by atoms with Crippen molar-refractivity contribution in [2.75, 3.05) is 0 Å². The summed E-state index contributed by atoms with van der Waals surface area (Å²) in [5.41, 5.74) is 0. The minimum atomic E-state index is 1.26. The van der Waals surface area contributed by atoms with Crippen molar-refractivity contribution in [2.45, 2.75) is 58.7 Å². The Kier molecular flexibility index (Phi) is 14.5. The van der Waals surface area contributed by atoms with Gasteiger partial charge in [0.1, 0.15) is 0 Å². The Morgan fingerprint density at radius 2 is 0.389 bits per heavy atom. The second-order valence-electron chi connectivity index (χ2n) is 11.7. The normalized spacial score (nSPS) is 10.7. The molecule has 54 heavy (non-hydrogen) atoms. The van der Waals surface area contributed by atoms with Crippen LogP contribution in [0.25, 0.3) is 0 Å². The van der Waals surface area contributed by atoms with E-state index in [-0.39, 0.29) is 0 Å². The molecule has 0 spiro atoms. The van der Waals surface area contributed by atoms with Gasteiger partial charge in [-0.3, -0.25) is 0 Å². The van der Waals surface area contributed by atoms with Gasteiger partial charge in [0.15, 0.2) is 0 Å². The smallest absolute Gasteiger partial charge is 0.0262 e. The molecule has 6 heteroatoms. The van der Waals surface area contributed by atoms with Gasteiger partial charge in [0.25, 0.3) is 0 Å². The van der Waals surface area contributed by atoms with Crippen LogP contribution in [0.1, 0.15) is 0 Å². The van der Waals surface area contributed by atoms with E-state index >= 15 is 0 Å². The summed E-state index contributed by atoms with van der Waals surface area (Å²) in [6.07, 6.45) is 0. The number of hydrogen-bond acceptors (Lipinski definition) is 6. The molecule has 0 fully saturated rings. The van der Waals surface area contributed by atoms with Gasteiger partial charge >= 0.3 is 0 Å². The molecule has 0 saturated carbocycles. The SMILES string of the molecule is c1ccc(Sc2ccc(Sc3ccccc3Sc3ccccc3)cc2)cc1.c1ccc(Sc2cccc(Sc3ccccc3Sc3ccccc3)c2)cc1. The fraction of sp³-hybridized carbons (Fsp3) is 0. The highest BCUT2D eigenvalue weighted by Crippen LogP contribution is 2.41. The zero-order valence-corrected chi connectivity index (χ0v) is 34.1. The van der Waals surface area contributed by atoms with Crippen LogP contribution in [0.5, 0.6) is 0 Å². The highest BCUT2D eigenvalue weighted by molar-refractivity contribution is 8.03. The Morgan fingerprint density at radius 3 is 0.759 bits per heavy atom. The van der Waals surface area contributed by atoms with E-state index in [2.05, 4.69) is 218 Å². The van der Waals surface area contributed by atoms with Crippen molar-refractivity contribution >= 4 is 70.6 Å². The molecule has 0 aromatic heterocycles. The zero-order valence-electron chi connectivity index (χ0n) is 29.2. The Morgan fingerprint density at radius 1 is 0.167 bits per heavy atom. The van der Waals surface area contributed by atoms with Gasteiger partial charge in [-0.05, 0) is 115 Å². The Bertz CT molecular complexity index is 2310. The molecular weight excluding hydrogens is 769 g/mol. The van der Waals surface area contributed by atoms with Crippen LogP contribution in [-0.4, -0.2) is 0 Å². The van der Waals surface area contributed by atoms with E-state index in [0.29, 0.717) is 0 Å². The Balaban J connectivity index is 0.000000167. The highest BCUT2D eigenvalue weighted by Gasteiger charge is 2.09. The Hall–Kier alpha value is -4.14. The molecule has 0 N–H and O–H groups in total. The van der Waals surface area contributed by atoms with Crippen molar-refractivity contribution in [1.29, 1.82) is 0 Å². The second kappa shape index (κ2) is 20.5. The first kappa shape index (κ1) is 38.1. The fourth-order valence-corrected chi connectivity index (χ4v) is 10.9. The molecule has 8 aromatic carbocycles. The van der Waals surface area contributed by atoms with Crippen LogP contribution in [0, 0.1) is 0 Å². The monoisotopic (exact) mass is 804 g/mol. The van der Waals surface area contributed by atoms with Crippen LogP contribution in [-0.2, 0) is 0 Å². The van der Waals surface area contributed by atoms with E-state index in [1.54, 1.807) is 23.5 Å². The fourth-order valence-electron chi connectivity index (χ4n) is 5.15. The summed E-state index contributed by atoms with van der Waals surface area (Å²) in [7, 11) is 0. The average Bonchev–Trinajstić information content (AvgIpc) is 3.22. The van der Waals surface area contributed by atoms with E-state index in [1.165, 1.54) is 58.7 Å². The molecule has 0 bridgehead atoms. The van der Waals surface area contributed by atoms with Crippen molar-refractivity contribution in [3.63, 3.8) is 0 Å². The summed E-state index contributed by atoms with van der Waals surface area (Å²) in [6, 6.07) is 76.9. The summed E-state index contributed by atoms with van der Waals surface area (Å²) in [6.45, 7) is 0. The molecule has 0 saturated heterocycles. The number of rotatable bonds is 12. The van der Waals surface area contributed by atoms with Gasteiger partial charge in [-0.25, -0.2) is 0 Å². The molecule has 264 valence electrons. The lowest BCUT2D eigenvalue weighted by Crippen LogP contribution is -1.81. The third-order valence-corrected chi connectivity index (χ3v) is 14.3. The molecule has 0 amide bonds. The topological polar surface area (TPSA) is 0 Å². The predicted molar refractivity (Wildman–Crippen MR) is 236 cm³/mol. The molecule has 0 radical (unpaired) electrons. The lowest BCUT2D eigenvalue weighted by molar-refractivity contribution is 1.23. The third-order valence-electron chi connectivity index (χ3n) is 7.68. The molecule has 0 aliphatic heterocycles. The van der Waals surface area contributed by atoms with E-state index in [4.69, 9.17) is 0 Å². The first-order valence-electron chi connectivity index (χ1n) is 17.4. The van der Waals surface area contributed by atoms with Gasteiger partial charge in [0.2, 0.25) is 0 Å². The van der Waals surface area contributed by atoms with E-state index in [0.717, 1.165) is 0 Å². The molecule has 0 unspecified atom stereocenters. The van der Waals surface area contributed by atoms with Crippen molar-refractivity contribution < 1.29 is 0 Å². The lowest BCUT2D eigenvalue weighted by Gasteiger charge is -2.10. The van der Waals surface area contributed by atoms with E-state index in [9.17, 15) is 0 Å². The van der Waals surface area contributed by atoms with Crippen LogP contribution < -0.4 is 0 Å². The lowest BCUT2D eigenvalue weighted by atomic mass is 10.4. The van der Waals surface area contributed by atoms with Crippen LogP contribution in [0.15, 0.2) is 277 Å². The van der Waals surface area contributed by atoms with Crippen LogP contribution >= 0.6 is 70.6 Å². The maximum Gasteiger partial charge on any atom is 0.0262 e. The molecule has 0 nitrogen and oxygen atoms in total. The summed E-state index contributed by atoms with van der Waals surface area (Å²) in [5, 5.41) is 0. The number of hydrogen-bond donors (Lipinski definition) is 0. The van der Waals surface area contributed by atoms with Crippen molar-refractivity contribution in [1.82, 2.24) is 0 Å². The van der Waals surface area contributed by atoms with Crippen LogP contribution in [0.3, 0.4) is 0 Å². The van der Waals surface area contributed by atoms with Crippen LogP contribution in [0.4, 0.5) is 0 Å². The van der Waals surface area contributed by atoms with Crippen molar-refractivity contribution in [3.8, 4) is 0 Å². The second-order valence-corrected chi connectivity index (χ2v) is 18.5. The summed E-state index contributed by atoms with van der Waals surface area (Å²) < 4.78 is 0. The summed E-state index contributed by atoms with van der Waals surface area (Å²) >= 11 is 10.9. The van der Waals surface area contributed by atoms with Gasteiger partial charge in [-0.1, -0.05) is 174 Å². The standard InChI is InChI=1S/2C24H18S3/c1-3-10-19(11-4-1)25-21-14-9-15-22(18-21)27-24-17-8-7-16-23(24)26-20-12-5-2-6-13-20;1-3-9-19(10-4-1)25-21-15-17-22(18-16-21)27-24-14-8-7-13-23(24)26-20-11-5-2-6-12-20/h2*1-18H. The van der Waals surface area contributed by atoms with Gasteiger partial charge in [0.05, 0.1) is 0 Å². The van der Waals surface area contributed by atoms with E-state index in [1.807, 2.05) is 47.0 Å². The molecule has 8 rings (SSSR count). The molecule has 0 atom stereocenters. The summed E-state index contributed by atoms with van der Waals surface area (Å²) in [4.78, 5) is 15.2. The first-order chi connectivity index (χ1) is 26.7. The average molecular weight is 805 g/mol. The number of benzene rings is 8. The largest absolute Gasteiger partial charge is 0.0901 e. The van der Waals surface area contributed by atoms with Crippen molar-refractivity contribution in [2.24, 2.45) is 0 Å². The maximum atomic E-state index is 2.27. The predicted octanol–water partition coefficient (Wildman–Crippen LogP) is 16.3. The quantitative estimate of drug-likeness (QED) is 0.120. The third kappa shape index (κ3) is 11.9. The van der Waals surface area contributed by atoms with Gasteiger partial charge in [-0.2, -0.15) is 0 Å². The first-order valence-corrected chi connectivity index (χ1v) is 22.3. The Labute approximate surface area is 345 Å². The molecule has 0 aliphatic carbocycles. The molecule has 0 heterocycles. The zero-order chi connectivity index (χ0) is 36.6. The maximum absolute atomic E-state index is 2.27. The molecule has 8 aromatic rings. The van der Waals surface area contributed by atoms with Gasteiger partial charge in [-0.15, -0.1) is 0 Å². The molecular formula is C48H36S6. The minimum Gasteiger partial charge on any atom is -0.0901 e. The van der Waals surface area contributed by atoms with E-state index < -0.39 is 0 Å². The molecule has 0 aliphatic rings. The van der Waals surface area contributed by atoms with Crippen molar-refractivity contribution in [3.05, 3.63) is 218 Å². The highest BCUT2D eigenvalue weighted by atomic mass is 32.2.